The second-order valence-electron chi connectivity index (χ2n) is 9.53. The van der Waals surface area contributed by atoms with Crippen molar-refractivity contribution in [1.29, 1.82) is 0 Å². The van der Waals surface area contributed by atoms with Crippen LogP contribution in [0.5, 0.6) is 0 Å². The van der Waals surface area contributed by atoms with E-state index < -0.39 is 0 Å². The molecule has 2 aliphatic carbocycles. The first-order valence-electron chi connectivity index (χ1n) is 12.8. The Balaban J connectivity index is 0.000000437. The molecule has 38 heavy (non-hydrogen) atoms. The monoisotopic (exact) mass is 490 g/mol. The minimum absolute atomic E-state index is 0.873. The third kappa shape index (κ3) is 3.64. The van der Waals surface area contributed by atoms with Crippen LogP contribution in [0.15, 0.2) is 145 Å². The molecule has 2 aromatic heterocycles. The Morgan fingerprint density at radius 2 is 1.61 bits per heavy atom. The number of hydrazine groups is 1. The van der Waals surface area contributed by atoms with Crippen LogP contribution >= 0.6 is 0 Å². The van der Waals surface area contributed by atoms with Crippen molar-refractivity contribution < 1.29 is 0 Å². The molecule has 0 bridgehead atoms. The number of fused-ring (bicyclic) bond motifs is 6. The zero-order chi connectivity index (χ0) is 25.5. The maximum Gasteiger partial charge on any atom is 0.0562 e. The number of hydrogen-bond acceptors (Lipinski definition) is 2. The fraction of sp³-hybridized carbons (Fsp3) is 0.0294. The van der Waals surface area contributed by atoms with Crippen molar-refractivity contribution in [2.24, 2.45) is 0 Å². The fourth-order valence-electron chi connectivity index (χ4n) is 5.51. The number of rotatable bonds is 2. The number of allylic oxidation sites excluding steroid dienone is 10. The van der Waals surface area contributed by atoms with Crippen molar-refractivity contribution in [3.8, 4) is 0 Å². The molecule has 0 radical (unpaired) electrons. The number of nitrogens with zero attached hydrogens (tertiary/aromatic N) is 1. The summed E-state index contributed by atoms with van der Waals surface area (Å²) in [6.07, 6.45) is 19.0. The molecule has 3 aliphatic rings. The molecule has 4 heteroatoms. The molecule has 5 aromatic rings. The first-order chi connectivity index (χ1) is 18.8. The fourth-order valence-corrected chi connectivity index (χ4v) is 5.51. The third-order valence-electron chi connectivity index (χ3n) is 7.27. The lowest BCUT2D eigenvalue weighted by Gasteiger charge is -2.09. The first kappa shape index (κ1) is 22.1. The Kier molecular flexibility index (Phi) is 5.25. The quantitative estimate of drug-likeness (QED) is 0.220. The molecular weight excluding hydrogens is 464 g/mol. The number of H-pyrrole nitrogens is 1. The van der Waals surface area contributed by atoms with Crippen LogP contribution in [-0.2, 0) is 0 Å². The topological polar surface area (TPSA) is 44.8 Å². The Labute approximate surface area is 220 Å². The van der Waals surface area contributed by atoms with E-state index in [4.69, 9.17) is 0 Å². The summed E-state index contributed by atoms with van der Waals surface area (Å²) >= 11 is 0. The maximum absolute atomic E-state index is 4.23. The molecule has 3 heterocycles. The van der Waals surface area contributed by atoms with E-state index in [1.807, 2.05) is 42.8 Å². The second kappa shape index (κ2) is 9.04. The summed E-state index contributed by atoms with van der Waals surface area (Å²) in [5.41, 5.74) is 18.3. The highest BCUT2D eigenvalue weighted by atomic mass is 15.3. The molecule has 0 saturated carbocycles. The summed E-state index contributed by atoms with van der Waals surface area (Å²) in [4.78, 5) is 3.61. The number of hydrogen-bond donors (Lipinski definition) is 3. The molecule has 4 nitrogen and oxygen atoms in total. The summed E-state index contributed by atoms with van der Waals surface area (Å²) in [6, 6.07) is 21.9. The van der Waals surface area contributed by atoms with Crippen LogP contribution in [-0.4, -0.2) is 9.55 Å². The normalized spacial score (nSPS) is 15.9. The van der Waals surface area contributed by atoms with Gasteiger partial charge < -0.3 is 20.4 Å². The molecule has 0 spiro atoms. The van der Waals surface area contributed by atoms with Crippen molar-refractivity contribution in [3.05, 3.63) is 145 Å². The van der Waals surface area contributed by atoms with E-state index in [0.29, 0.717) is 0 Å². The van der Waals surface area contributed by atoms with Crippen LogP contribution in [0.2, 0.25) is 0 Å². The predicted molar refractivity (Wildman–Crippen MR) is 160 cm³/mol. The molecule has 182 valence electrons. The van der Waals surface area contributed by atoms with Crippen LogP contribution in [0, 0.1) is 0 Å². The van der Waals surface area contributed by atoms with Gasteiger partial charge in [0.2, 0.25) is 0 Å². The van der Waals surface area contributed by atoms with Crippen LogP contribution in [0.1, 0.15) is 6.42 Å². The minimum atomic E-state index is 0.873. The summed E-state index contributed by atoms with van der Waals surface area (Å²) in [7, 11) is 0. The van der Waals surface area contributed by atoms with Gasteiger partial charge in [0.15, 0.2) is 0 Å². The van der Waals surface area contributed by atoms with E-state index in [1.165, 1.54) is 49.4 Å². The van der Waals surface area contributed by atoms with Crippen LogP contribution in [0.25, 0.3) is 49.3 Å². The van der Waals surface area contributed by atoms with Crippen LogP contribution < -0.4 is 10.9 Å². The van der Waals surface area contributed by atoms with Gasteiger partial charge in [-0.3, -0.25) is 0 Å². The van der Waals surface area contributed by atoms with Gasteiger partial charge in [-0.25, -0.2) is 0 Å². The molecule has 1 aliphatic heterocycles. The van der Waals surface area contributed by atoms with Gasteiger partial charge in [-0.15, -0.1) is 5.73 Å². The lowest BCUT2D eigenvalue weighted by molar-refractivity contribution is 0.778. The summed E-state index contributed by atoms with van der Waals surface area (Å²) < 4.78 is 2.39. The van der Waals surface area contributed by atoms with Gasteiger partial charge in [-0.2, -0.15) is 0 Å². The standard InChI is InChI=1S/C29H22N4.C5H4/c1-18-12-13-30-31-17-25(18)19-10-11-20(14-19)33-28-9-5-3-7-22(28)24-15-23-21-6-2-4-8-26(21)32-27(23)16-29(24)33;1-2-4-5-3-1/h2-9,11-17,30-32H,1,10H2;1-4H. The van der Waals surface area contributed by atoms with Crippen LogP contribution in [0.3, 0.4) is 0 Å². The number of benzene rings is 3. The summed E-state index contributed by atoms with van der Waals surface area (Å²) in [5.74, 6) is 0. The number of para-hydroxylation sites is 2. The predicted octanol–water partition coefficient (Wildman–Crippen LogP) is 7.93. The molecule has 0 fully saturated rings. The van der Waals surface area contributed by atoms with E-state index in [9.17, 15) is 0 Å². The van der Waals surface area contributed by atoms with Crippen molar-refractivity contribution >= 4 is 49.3 Å². The lowest BCUT2D eigenvalue weighted by atomic mass is 9.99. The van der Waals surface area contributed by atoms with Gasteiger partial charge in [0.05, 0.1) is 11.0 Å². The molecule has 0 unspecified atom stereocenters. The minimum Gasteiger partial charge on any atom is -0.354 e. The zero-order valence-electron chi connectivity index (χ0n) is 20.8. The molecule has 8 rings (SSSR count). The Morgan fingerprint density at radius 1 is 0.789 bits per heavy atom. The zero-order valence-corrected chi connectivity index (χ0v) is 20.8. The van der Waals surface area contributed by atoms with Crippen LogP contribution in [0.4, 0.5) is 0 Å². The highest BCUT2D eigenvalue weighted by molar-refractivity contribution is 6.18. The van der Waals surface area contributed by atoms with Gasteiger partial charge in [0.1, 0.15) is 0 Å². The largest absolute Gasteiger partial charge is 0.354 e. The third-order valence-corrected chi connectivity index (χ3v) is 7.27. The Hall–Kier alpha value is -5.18. The van der Waals surface area contributed by atoms with Gasteiger partial charge in [-0.1, -0.05) is 61.2 Å². The van der Waals surface area contributed by atoms with Gasteiger partial charge in [-0.05, 0) is 66.1 Å². The molecular formula is C34H26N4. The van der Waals surface area contributed by atoms with Gasteiger partial charge in [0, 0.05) is 56.2 Å². The van der Waals surface area contributed by atoms with E-state index in [0.717, 1.165) is 23.1 Å². The lowest BCUT2D eigenvalue weighted by Crippen LogP contribution is -2.19. The van der Waals surface area contributed by atoms with Crippen molar-refractivity contribution in [2.45, 2.75) is 6.42 Å². The molecule has 0 atom stereocenters. The molecule has 0 amide bonds. The van der Waals surface area contributed by atoms with E-state index in [1.54, 1.807) is 0 Å². The van der Waals surface area contributed by atoms with Crippen molar-refractivity contribution in [2.75, 3.05) is 0 Å². The van der Waals surface area contributed by atoms with E-state index >= 15 is 0 Å². The highest BCUT2D eigenvalue weighted by Gasteiger charge is 2.19. The smallest absolute Gasteiger partial charge is 0.0562 e. The average Bonchev–Trinajstić information content (AvgIpc) is 3.74. The van der Waals surface area contributed by atoms with Crippen molar-refractivity contribution in [3.63, 3.8) is 0 Å². The maximum atomic E-state index is 4.23. The Morgan fingerprint density at radius 3 is 2.45 bits per heavy atom. The average molecular weight is 491 g/mol. The molecule has 3 aromatic carbocycles. The van der Waals surface area contributed by atoms with Crippen molar-refractivity contribution in [1.82, 2.24) is 20.4 Å². The summed E-state index contributed by atoms with van der Waals surface area (Å²) in [6.45, 7) is 4.23. The first-order valence-corrected chi connectivity index (χ1v) is 12.8. The van der Waals surface area contributed by atoms with Gasteiger partial charge in [0.25, 0.3) is 0 Å². The SMILES string of the molecule is C1=CC=CC=1.C=C1C=CNNC=C1C1=CC(n2c3ccccc3c3cc4c(cc32)[nH]c2ccccc24)=CC1. The molecule has 0 saturated heterocycles. The second-order valence-corrected chi connectivity index (χ2v) is 9.53. The van der Waals surface area contributed by atoms with E-state index in [-0.39, 0.29) is 0 Å². The number of nitrogens with one attached hydrogen (secondary N) is 3. The Bertz CT molecular complexity index is 1980. The number of aromatic nitrogens is 2. The molecule has 3 N–H and O–H groups in total. The summed E-state index contributed by atoms with van der Waals surface area (Å²) in [5, 5.41) is 5.08. The number of aromatic amines is 1. The highest BCUT2D eigenvalue weighted by Crippen LogP contribution is 2.39. The van der Waals surface area contributed by atoms with E-state index in [2.05, 4.69) is 106 Å². The van der Waals surface area contributed by atoms with Gasteiger partial charge >= 0.3 is 0 Å².